The minimum absolute atomic E-state index is 0.128. The van der Waals surface area contributed by atoms with Crippen molar-refractivity contribution in [3.8, 4) is 11.1 Å². The van der Waals surface area contributed by atoms with Crippen molar-refractivity contribution in [1.82, 2.24) is 0 Å². The molecule has 1 heterocycles. The molecule has 1 aliphatic rings. The van der Waals surface area contributed by atoms with Crippen LogP contribution in [0.4, 0.5) is 30.7 Å². The van der Waals surface area contributed by atoms with Crippen LogP contribution in [-0.2, 0) is 12.4 Å². The molecule has 0 atom stereocenters. The van der Waals surface area contributed by atoms with Crippen molar-refractivity contribution in [3.63, 3.8) is 0 Å². The van der Waals surface area contributed by atoms with Gasteiger partial charge in [-0.15, -0.1) is 0 Å². The van der Waals surface area contributed by atoms with Crippen molar-refractivity contribution in [3.05, 3.63) is 77.6 Å². The molecule has 0 aromatic heterocycles. The smallest absolute Gasteiger partial charge is 0.207 e. The number of hydrogen-bond donors (Lipinski definition) is 0. The predicted molar refractivity (Wildman–Crippen MR) is 96.6 cm³/mol. The summed E-state index contributed by atoms with van der Waals surface area (Å²) in [6, 6.07) is 11.8. The molecule has 0 N–H and O–H groups in total. The van der Waals surface area contributed by atoms with Gasteiger partial charge in [0.1, 0.15) is 5.82 Å². The number of rotatable bonds is 1. The highest BCUT2D eigenvalue weighted by atomic mass is 32.3. The van der Waals surface area contributed by atoms with Gasteiger partial charge >= 0.3 is 12.4 Å². The molecule has 152 valence electrons. The van der Waals surface area contributed by atoms with Crippen LogP contribution in [0.2, 0.25) is 0 Å². The van der Waals surface area contributed by atoms with Gasteiger partial charge in [-0.05, 0) is 82.9 Å². The molecule has 0 unspecified atom stereocenters. The first kappa shape index (κ1) is 19.8. The molecular formula is C21H13F7S. The van der Waals surface area contributed by atoms with Crippen molar-refractivity contribution in [2.24, 2.45) is 0 Å². The second-order valence-corrected chi connectivity index (χ2v) is 9.98. The van der Waals surface area contributed by atoms with Crippen molar-refractivity contribution in [2.45, 2.75) is 27.0 Å². The average molecular weight is 430 g/mol. The van der Waals surface area contributed by atoms with Gasteiger partial charge in [-0.2, -0.15) is 36.4 Å². The summed E-state index contributed by atoms with van der Waals surface area (Å²) in [5.74, 6) is -0.477. The number of halogens is 7. The lowest BCUT2D eigenvalue weighted by Crippen LogP contribution is -2.05. The first-order valence-corrected chi connectivity index (χ1v) is 10.4. The molecule has 0 radical (unpaired) electrons. The van der Waals surface area contributed by atoms with Crippen LogP contribution in [0.15, 0.2) is 75.4 Å². The molecule has 1 aliphatic heterocycles. The summed E-state index contributed by atoms with van der Waals surface area (Å²) in [4.78, 5) is 1.69. The third kappa shape index (κ3) is 3.10. The maximum atomic E-state index is 13.4. The quantitative estimate of drug-likeness (QED) is 0.346. The first-order valence-electron chi connectivity index (χ1n) is 8.39. The summed E-state index contributed by atoms with van der Waals surface area (Å²) in [6.07, 6.45) is -7.45. The van der Waals surface area contributed by atoms with Crippen LogP contribution in [0.5, 0.6) is 0 Å². The molecule has 0 bridgehead atoms. The Hall–Kier alpha value is -2.48. The van der Waals surface area contributed by atoms with E-state index >= 15 is 0 Å². The van der Waals surface area contributed by atoms with E-state index in [9.17, 15) is 30.7 Å². The van der Waals surface area contributed by atoms with E-state index in [0.717, 1.165) is 24.3 Å². The molecule has 3 aromatic carbocycles. The van der Waals surface area contributed by atoms with Crippen molar-refractivity contribution in [1.29, 1.82) is 0 Å². The van der Waals surface area contributed by atoms with E-state index in [1.807, 2.05) is 0 Å². The van der Waals surface area contributed by atoms with E-state index in [1.165, 1.54) is 36.4 Å². The second-order valence-electron chi connectivity index (χ2n) is 6.79. The van der Waals surface area contributed by atoms with Crippen LogP contribution < -0.4 is 0 Å². The molecule has 3 aromatic rings. The number of fused-ring (bicyclic) bond motifs is 3. The van der Waals surface area contributed by atoms with Gasteiger partial charge < -0.3 is 0 Å². The fourth-order valence-corrected chi connectivity index (χ4v) is 6.95. The highest BCUT2D eigenvalue weighted by molar-refractivity contribution is 8.33. The summed E-state index contributed by atoms with van der Waals surface area (Å²) in [5, 5.41) is 0. The Bertz CT molecular complexity index is 1030. The standard InChI is InChI=1S/C21H13F7S/c1-29(15-6-4-14(22)5-7-15)18-8-2-12(20(23,24)25)10-16(18)17-11-13(21(26,27)28)3-9-19(17)29/h2-11H,1H3. The Kier molecular flexibility index (Phi) is 4.28. The van der Waals surface area contributed by atoms with Gasteiger partial charge in [0.05, 0.1) is 11.1 Å². The highest BCUT2D eigenvalue weighted by Crippen LogP contribution is 2.74. The van der Waals surface area contributed by atoms with Crippen LogP contribution in [0.3, 0.4) is 0 Å². The molecule has 4 rings (SSSR count). The van der Waals surface area contributed by atoms with Crippen LogP contribution in [0.1, 0.15) is 11.1 Å². The fourth-order valence-electron chi connectivity index (χ4n) is 3.62. The SMILES string of the molecule is CS1(c2ccc(F)cc2)c2ccc(C(F)(F)F)cc2-c2cc(C(F)(F)F)ccc21. The summed E-state index contributed by atoms with van der Waals surface area (Å²) >= 11 is 0. The Morgan fingerprint density at radius 1 is 0.621 bits per heavy atom. The lowest BCUT2D eigenvalue weighted by Gasteiger charge is -2.34. The monoisotopic (exact) mass is 430 g/mol. The third-order valence-electron chi connectivity index (χ3n) is 5.07. The third-order valence-corrected chi connectivity index (χ3v) is 8.75. The van der Waals surface area contributed by atoms with Gasteiger partial charge in [0.15, 0.2) is 0 Å². The van der Waals surface area contributed by atoms with Crippen LogP contribution in [-0.4, -0.2) is 6.26 Å². The molecule has 0 nitrogen and oxygen atoms in total. The fraction of sp³-hybridized carbons (Fsp3) is 0.143. The largest absolute Gasteiger partial charge is 0.416 e. The van der Waals surface area contributed by atoms with Gasteiger partial charge in [0, 0.05) is 9.79 Å². The van der Waals surface area contributed by atoms with Crippen molar-refractivity contribution >= 4 is 10.0 Å². The van der Waals surface area contributed by atoms with E-state index in [-0.39, 0.29) is 11.1 Å². The molecule has 0 amide bonds. The lowest BCUT2D eigenvalue weighted by molar-refractivity contribution is -0.138. The molecule has 0 spiro atoms. The van der Waals surface area contributed by atoms with Gasteiger partial charge in [-0.3, -0.25) is 0 Å². The van der Waals surface area contributed by atoms with Crippen molar-refractivity contribution < 1.29 is 30.7 Å². The Morgan fingerprint density at radius 2 is 1.03 bits per heavy atom. The minimum atomic E-state index is -4.62. The maximum absolute atomic E-state index is 13.4. The number of benzene rings is 3. The van der Waals surface area contributed by atoms with Gasteiger partial charge in [-0.25, -0.2) is 4.39 Å². The van der Waals surface area contributed by atoms with Gasteiger partial charge in [0.25, 0.3) is 0 Å². The Labute approximate surface area is 163 Å². The zero-order valence-electron chi connectivity index (χ0n) is 14.8. The van der Waals surface area contributed by atoms with Crippen LogP contribution >= 0.6 is 10.0 Å². The molecule has 29 heavy (non-hydrogen) atoms. The summed E-state index contributed by atoms with van der Waals surface area (Å²) < 4.78 is 92.9. The van der Waals surface area contributed by atoms with Crippen molar-refractivity contribution in [2.75, 3.05) is 6.26 Å². The van der Waals surface area contributed by atoms with E-state index in [1.54, 1.807) is 6.26 Å². The van der Waals surface area contributed by atoms with E-state index in [2.05, 4.69) is 0 Å². The molecular weight excluding hydrogens is 417 g/mol. The summed E-state index contributed by atoms with van der Waals surface area (Å²) in [7, 11) is -2.14. The number of hydrogen-bond acceptors (Lipinski definition) is 0. The lowest BCUT2D eigenvalue weighted by atomic mass is 10.0. The second kappa shape index (κ2) is 6.26. The van der Waals surface area contributed by atoms with E-state index in [4.69, 9.17) is 0 Å². The number of alkyl halides is 6. The zero-order valence-corrected chi connectivity index (χ0v) is 15.6. The van der Waals surface area contributed by atoms with Crippen LogP contribution in [0, 0.1) is 5.82 Å². The first-order chi connectivity index (χ1) is 13.4. The molecule has 0 aliphatic carbocycles. The normalized spacial score (nSPS) is 16.3. The maximum Gasteiger partial charge on any atom is 0.416 e. The predicted octanol–water partition coefficient (Wildman–Crippen LogP) is 7.76. The van der Waals surface area contributed by atoms with Crippen LogP contribution in [0.25, 0.3) is 11.1 Å². The molecule has 0 fully saturated rings. The molecule has 0 saturated carbocycles. The molecule has 8 heteroatoms. The topological polar surface area (TPSA) is 0 Å². The van der Waals surface area contributed by atoms with Gasteiger partial charge in [0.2, 0.25) is 0 Å². The molecule has 0 saturated heterocycles. The van der Waals surface area contributed by atoms with E-state index in [0.29, 0.717) is 14.7 Å². The van der Waals surface area contributed by atoms with Gasteiger partial charge in [-0.1, -0.05) is 0 Å². The average Bonchev–Trinajstić information content (AvgIpc) is 2.90. The summed E-state index contributed by atoms with van der Waals surface area (Å²) in [5.41, 5.74) is -1.60. The zero-order chi connectivity index (χ0) is 21.2. The Morgan fingerprint density at radius 3 is 1.41 bits per heavy atom. The Balaban J connectivity index is 2.04. The summed E-state index contributed by atoms with van der Waals surface area (Å²) in [6.45, 7) is 0. The van der Waals surface area contributed by atoms with E-state index < -0.39 is 39.3 Å². The minimum Gasteiger partial charge on any atom is -0.207 e. The highest BCUT2D eigenvalue weighted by Gasteiger charge is 2.41.